The van der Waals surface area contributed by atoms with Gasteiger partial charge in [0.25, 0.3) is 0 Å². The first-order valence-corrected chi connectivity index (χ1v) is 12.2. The molecule has 0 saturated heterocycles. The average molecular weight is 391 g/mol. The quantitative estimate of drug-likeness (QED) is 0.575. The third-order valence-electron chi connectivity index (χ3n) is 9.42. The standard InChI is InChI=1S/C25H42O3/c1-5-13-27-18-9-11-24(3)17(15-18)16-21(26)23-19-7-8-22(28-14-6-2)25(19,4)12-10-20(23)24/h17-20,22-23H,5-16H2,1-4H3/t17-,18+,19+,20+,22-,23-,24-,25+/m0/s1. The number of rotatable bonds is 6. The summed E-state index contributed by atoms with van der Waals surface area (Å²) in [6.45, 7) is 11.1. The summed E-state index contributed by atoms with van der Waals surface area (Å²) < 4.78 is 12.4. The molecule has 4 aliphatic rings. The van der Waals surface area contributed by atoms with E-state index in [1.54, 1.807) is 0 Å². The molecule has 0 aromatic carbocycles. The summed E-state index contributed by atoms with van der Waals surface area (Å²) in [5.41, 5.74) is 0.560. The van der Waals surface area contributed by atoms with Gasteiger partial charge in [0, 0.05) is 25.6 Å². The molecule has 4 rings (SSSR count). The predicted octanol–water partition coefficient (Wildman–Crippen LogP) is 5.80. The lowest BCUT2D eigenvalue weighted by Crippen LogP contribution is -2.57. The molecule has 8 atom stereocenters. The summed E-state index contributed by atoms with van der Waals surface area (Å²) in [6, 6.07) is 0. The van der Waals surface area contributed by atoms with Crippen LogP contribution in [-0.2, 0) is 14.3 Å². The largest absolute Gasteiger partial charge is 0.378 e. The SMILES string of the molecule is CCCO[C@@H]1CC[C@@]2(C)[C@H](CC(=O)[C@@H]3[C@H]2CC[C@@]2(C)[C@@H](OCCC)CC[C@H]32)C1. The van der Waals surface area contributed by atoms with E-state index in [-0.39, 0.29) is 5.41 Å². The molecule has 0 heterocycles. The van der Waals surface area contributed by atoms with Gasteiger partial charge < -0.3 is 9.47 Å². The van der Waals surface area contributed by atoms with Gasteiger partial charge in [0.1, 0.15) is 5.78 Å². The summed E-state index contributed by atoms with van der Waals surface area (Å²) in [5.74, 6) is 2.55. The Morgan fingerprint density at radius 2 is 1.57 bits per heavy atom. The van der Waals surface area contributed by atoms with Crippen LogP contribution in [0.4, 0.5) is 0 Å². The van der Waals surface area contributed by atoms with Gasteiger partial charge >= 0.3 is 0 Å². The second kappa shape index (κ2) is 8.02. The Hall–Kier alpha value is -0.410. The van der Waals surface area contributed by atoms with Crippen molar-refractivity contribution in [3.05, 3.63) is 0 Å². The zero-order valence-corrected chi connectivity index (χ0v) is 18.7. The highest BCUT2D eigenvalue weighted by molar-refractivity contribution is 5.83. The molecule has 0 amide bonds. The topological polar surface area (TPSA) is 35.5 Å². The summed E-state index contributed by atoms with van der Waals surface area (Å²) in [4.78, 5) is 13.5. The Morgan fingerprint density at radius 3 is 2.32 bits per heavy atom. The fourth-order valence-electron chi connectivity index (χ4n) is 7.81. The van der Waals surface area contributed by atoms with E-state index in [1.807, 2.05) is 0 Å². The van der Waals surface area contributed by atoms with Gasteiger partial charge in [-0.1, -0.05) is 27.7 Å². The number of carbonyl (C=O) groups is 1. The van der Waals surface area contributed by atoms with Crippen molar-refractivity contribution < 1.29 is 14.3 Å². The fraction of sp³-hybridized carbons (Fsp3) is 0.960. The highest BCUT2D eigenvalue weighted by atomic mass is 16.5. The van der Waals surface area contributed by atoms with Crippen LogP contribution in [-0.4, -0.2) is 31.2 Å². The maximum atomic E-state index is 13.5. The number of fused-ring (bicyclic) bond motifs is 5. The zero-order chi connectivity index (χ0) is 19.9. The lowest BCUT2D eigenvalue weighted by molar-refractivity contribution is -0.166. The molecule has 0 N–H and O–H groups in total. The van der Waals surface area contributed by atoms with Crippen molar-refractivity contribution >= 4 is 5.78 Å². The van der Waals surface area contributed by atoms with Gasteiger partial charge in [-0.25, -0.2) is 0 Å². The van der Waals surface area contributed by atoms with Crippen LogP contribution >= 0.6 is 0 Å². The van der Waals surface area contributed by atoms with E-state index in [0.29, 0.717) is 47.1 Å². The zero-order valence-electron chi connectivity index (χ0n) is 18.7. The maximum Gasteiger partial charge on any atom is 0.136 e. The lowest BCUT2D eigenvalue weighted by Gasteiger charge is -2.60. The number of hydrogen-bond donors (Lipinski definition) is 0. The molecule has 160 valence electrons. The third-order valence-corrected chi connectivity index (χ3v) is 9.42. The van der Waals surface area contributed by atoms with E-state index in [4.69, 9.17) is 9.47 Å². The van der Waals surface area contributed by atoms with Crippen molar-refractivity contribution in [3.63, 3.8) is 0 Å². The van der Waals surface area contributed by atoms with Gasteiger partial charge in [0.15, 0.2) is 0 Å². The number of ketones is 1. The number of ether oxygens (including phenoxy) is 2. The van der Waals surface area contributed by atoms with Crippen LogP contribution in [0.2, 0.25) is 0 Å². The Kier molecular flexibility index (Phi) is 5.97. The van der Waals surface area contributed by atoms with Gasteiger partial charge in [-0.15, -0.1) is 0 Å². The Balaban J connectivity index is 1.52. The molecule has 4 fully saturated rings. The van der Waals surface area contributed by atoms with Crippen LogP contribution in [0.1, 0.15) is 91.9 Å². The molecule has 0 bridgehead atoms. The van der Waals surface area contributed by atoms with Crippen LogP contribution in [0.15, 0.2) is 0 Å². The smallest absolute Gasteiger partial charge is 0.136 e. The van der Waals surface area contributed by atoms with Crippen molar-refractivity contribution in [2.24, 2.45) is 34.5 Å². The van der Waals surface area contributed by atoms with E-state index in [1.165, 1.54) is 32.1 Å². The molecule has 4 aliphatic carbocycles. The molecule has 28 heavy (non-hydrogen) atoms. The molecule has 0 unspecified atom stereocenters. The van der Waals surface area contributed by atoms with Gasteiger partial charge in [-0.2, -0.15) is 0 Å². The summed E-state index contributed by atoms with van der Waals surface area (Å²) >= 11 is 0. The minimum absolute atomic E-state index is 0.219. The number of Topliss-reactive ketones (excluding diaryl/α,β-unsaturated/α-hetero) is 1. The highest BCUT2D eigenvalue weighted by Gasteiger charge is 2.63. The van der Waals surface area contributed by atoms with E-state index in [9.17, 15) is 4.79 Å². The molecule has 0 spiro atoms. The van der Waals surface area contributed by atoms with Gasteiger partial charge in [-0.3, -0.25) is 4.79 Å². The van der Waals surface area contributed by atoms with E-state index in [0.717, 1.165) is 45.3 Å². The molecule has 4 saturated carbocycles. The minimum Gasteiger partial charge on any atom is -0.378 e. The first-order valence-electron chi connectivity index (χ1n) is 12.2. The first-order chi connectivity index (χ1) is 13.4. The fourth-order valence-corrected chi connectivity index (χ4v) is 7.81. The maximum absolute atomic E-state index is 13.5. The Morgan fingerprint density at radius 1 is 0.893 bits per heavy atom. The first kappa shape index (κ1) is 20.8. The second-order valence-corrected chi connectivity index (χ2v) is 10.9. The summed E-state index contributed by atoms with van der Waals surface area (Å²) in [7, 11) is 0. The molecule has 0 aromatic heterocycles. The van der Waals surface area contributed by atoms with E-state index in [2.05, 4.69) is 27.7 Å². The summed E-state index contributed by atoms with van der Waals surface area (Å²) in [5, 5.41) is 0. The monoisotopic (exact) mass is 390 g/mol. The Bertz CT molecular complexity index is 574. The van der Waals surface area contributed by atoms with Crippen molar-refractivity contribution in [1.82, 2.24) is 0 Å². The van der Waals surface area contributed by atoms with Crippen molar-refractivity contribution in [3.8, 4) is 0 Å². The van der Waals surface area contributed by atoms with Crippen molar-refractivity contribution in [2.75, 3.05) is 13.2 Å². The Labute approximate surface area is 172 Å². The average Bonchev–Trinajstić information content (AvgIpc) is 3.01. The molecule has 3 heteroatoms. The molecular formula is C25H42O3. The van der Waals surface area contributed by atoms with Crippen LogP contribution in [0, 0.1) is 34.5 Å². The van der Waals surface area contributed by atoms with Gasteiger partial charge in [0.05, 0.1) is 12.2 Å². The normalized spacial score (nSPS) is 48.1. The molecule has 0 aliphatic heterocycles. The van der Waals surface area contributed by atoms with Crippen LogP contribution in [0.3, 0.4) is 0 Å². The molecule has 0 radical (unpaired) electrons. The van der Waals surface area contributed by atoms with E-state index >= 15 is 0 Å². The van der Waals surface area contributed by atoms with Gasteiger partial charge in [-0.05, 0) is 86.4 Å². The molecular weight excluding hydrogens is 348 g/mol. The van der Waals surface area contributed by atoms with Crippen LogP contribution in [0.25, 0.3) is 0 Å². The lowest BCUT2D eigenvalue weighted by atomic mass is 9.45. The van der Waals surface area contributed by atoms with E-state index < -0.39 is 0 Å². The number of hydrogen-bond acceptors (Lipinski definition) is 3. The molecule has 3 nitrogen and oxygen atoms in total. The molecule has 0 aromatic rings. The minimum atomic E-state index is 0.219. The van der Waals surface area contributed by atoms with Crippen molar-refractivity contribution in [1.29, 1.82) is 0 Å². The predicted molar refractivity (Wildman–Crippen MR) is 112 cm³/mol. The second-order valence-electron chi connectivity index (χ2n) is 10.9. The van der Waals surface area contributed by atoms with Gasteiger partial charge in [0.2, 0.25) is 0 Å². The summed E-state index contributed by atoms with van der Waals surface area (Å²) in [6.07, 6.45) is 12.1. The number of carbonyl (C=O) groups excluding carboxylic acids is 1. The van der Waals surface area contributed by atoms with Crippen LogP contribution < -0.4 is 0 Å². The third kappa shape index (κ3) is 3.29. The highest BCUT2D eigenvalue weighted by Crippen LogP contribution is 2.65. The van der Waals surface area contributed by atoms with Crippen molar-refractivity contribution in [2.45, 2.75) is 104 Å². The van der Waals surface area contributed by atoms with Crippen LogP contribution in [0.5, 0.6) is 0 Å².